The van der Waals surface area contributed by atoms with Crippen LogP contribution >= 0.6 is 24.0 Å². The maximum atomic E-state index is 5.26. The Bertz CT molecular complexity index is 522. The number of hydrogen-bond donors (Lipinski definition) is 2. The molecule has 2 N–H and O–H groups in total. The van der Waals surface area contributed by atoms with Crippen molar-refractivity contribution in [2.75, 3.05) is 6.54 Å². The highest BCUT2D eigenvalue weighted by Gasteiger charge is 2.02. The van der Waals surface area contributed by atoms with Crippen molar-refractivity contribution >= 4 is 29.9 Å². The molecule has 7 nitrogen and oxygen atoms in total. The zero-order valence-electron chi connectivity index (χ0n) is 11.5. The first-order valence-electron chi connectivity index (χ1n) is 6.17. The smallest absolute Gasteiger partial charge is 0.192 e. The molecule has 2 rings (SSSR count). The minimum Gasteiger partial charge on any atom is -0.467 e. The number of nitrogens with zero attached hydrogens (tertiary/aromatic N) is 4. The average Bonchev–Trinajstić information content (AvgIpc) is 3.04. The second-order valence-corrected chi connectivity index (χ2v) is 3.93. The van der Waals surface area contributed by atoms with Crippen molar-refractivity contribution in [1.82, 2.24) is 25.4 Å². The molecule has 110 valence electrons. The van der Waals surface area contributed by atoms with Crippen LogP contribution in [0, 0.1) is 0 Å². The molecule has 0 saturated carbocycles. The lowest BCUT2D eigenvalue weighted by Crippen LogP contribution is -2.36. The van der Waals surface area contributed by atoms with Crippen LogP contribution in [0.4, 0.5) is 0 Å². The van der Waals surface area contributed by atoms with Crippen molar-refractivity contribution < 1.29 is 4.42 Å². The molecule has 0 aliphatic rings. The van der Waals surface area contributed by atoms with Crippen LogP contribution < -0.4 is 10.6 Å². The molecule has 0 aliphatic carbocycles. The van der Waals surface area contributed by atoms with Crippen LogP contribution in [-0.2, 0) is 20.1 Å². The van der Waals surface area contributed by atoms with Gasteiger partial charge in [-0.2, -0.15) is 5.10 Å². The van der Waals surface area contributed by atoms with E-state index in [2.05, 4.69) is 25.7 Å². The van der Waals surface area contributed by atoms with E-state index in [0.29, 0.717) is 13.1 Å². The van der Waals surface area contributed by atoms with E-state index in [1.165, 1.54) is 6.33 Å². The SMILES string of the molecule is CCNC(=NCc1ncnn1C)NCc1ccco1.I. The van der Waals surface area contributed by atoms with Crippen LogP contribution in [-0.4, -0.2) is 27.3 Å². The van der Waals surface area contributed by atoms with Gasteiger partial charge in [-0.05, 0) is 19.1 Å². The van der Waals surface area contributed by atoms with Gasteiger partial charge in [0.15, 0.2) is 5.96 Å². The maximum Gasteiger partial charge on any atom is 0.192 e. The van der Waals surface area contributed by atoms with E-state index in [4.69, 9.17) is 4.42 Å². The fourth-order valence-corrected chi connectivity index (χ4v) is 1.54. The third kappa shape index (κ3) is 4.83. The van der Waals surface area contributed by atoms with E-state index < -0.39 is 0 Å². The molecule has 20 heavy (non-hydrogen) atoms. The topological polar surface area (TPSA) is 80.3 Å². The second-order valence-electron chi connectivity index (χ2n) is 3.93. The lowest BCUT2D eigenvalue weighted by atomic mass is 10.4. The molecular weight excluding hydrogens is 371 g/mol. The number of furan rings is 1. The lowest BCUT2D eigenvalue weighted by molar-refractivity contribution is 0.501. The third-order valence-electron chi connectivity index (χ3n) is 2.54. The van der Waals surface area contributed by atoms with E-state index in [0.717, 1.165) is 24.1 Å². The number of rotatable bonds is 5. The van der Waals surface area contributed by atoms with Crippen LogP contribution in [0.25, 0.3) is 0 Å². The predicted octanol–water partition coefficient (Wildman–Crippen LogP) is 1.28. The van der Waals surface area contributed by atoms with Gasteiger partial charge >= 0.3 is 0 Å². The molecular formula is C12H19IN6O. The van der Waals surface area contributed by atoms with E-state index in [1.807, 2.05) is 26.1 Å². The van der Waals surface area contributed by atoms with E-state index in [9.17, 15) is 0 Å². The molecule has 0 radical (unpaired) electrons. The molecule has 0 aromatic carbocycles. The van der Waals surface area contributed by atoms with Gasteiger partial charge in [-0.1, -0.05) is 0 Å². The summed E-state index contributed by atoms with van der Waals surface area (Å²) in [7, 11) is 1.85. The molecule has 0 saturated heterocycles. The van der Waals surface area contributed by atoms with E-state index >= 15 is 0 Å². The van der Waals surface area contributed by atoms with Crippen LogP contribution in [0.2, 0.25) is 0 Å². The van der Waals surface area contributed by atoms with Crippen molar-refractivity contribution in [2.24, 2.45) is 12.0 Å². The van der Waals surface area contributed by atoms with Crippen molar-refractivity contribution in [3.8, 4) is 0 Å². The monoisotopic (exact) mass is 390 g/mol. The fraction of sp³-hybridized carbons (Fsp3) is 0.417. The van der Waals surface area contributed by atoms with Gasteiger partial charge < -0.3 is 15.1 Å². The molecule has 8 heteroatoms. The molecule has 2 aromatic heterocycles. The summed E-state index contributed by atoms with van der Waals surface area (Å²) in [5, 5.41) is 10.4. The number of halogens is 1. The summed E-state index contributed by atoms with van der Waals surface area (Å²) < 4.78 is 6.97. The zero-order chi connectivity index (χ0) is 13.5. The zero-order valence-corrected chi connectivity index (χ0v) is 13.9. The number of aryl methyl sites for hydroxylation is 1. The first-order valence-corrected chi connectivity index (χ1v) is 6.17. The molecule has 0 bridgehead atoms. The molecule has 0 aliphatic heterocycles. The van der Waals surface area contributed by atoms with Crippen molar-refractivity contribution in [3.05, 3.63) is 36.3 Å². The average molecular weight is 390 g/mol. The van der Waals surface area contributed by atoms with Crippen LogP contribution in [0.15, 0.2) is 34.1 Å². The Morgan fingerprint density at radius 2 is 2.30 bits per heavy atom. The van der Waals surface area contributed by atoms with Gasteiger partial charge in [-0.25, -0.2) is 9.98 Å². The Morgan fingerprint density at radius 3 is 2.90 bits per heavy atom. The van der Waals surface area contributed by atoms with Crippen molar-refractivity contribution in [2.45, 2.75) is 20.0 Å². The quantitative estimate of drug-likeness (QED) is 0.457. The fourth-order valence-electron chi connectivity index (χ4n) is 1.54. The Labute approximate surface area is 134 Å². The van der Waals surface area contributed by atoms with Gasteiger partial charge in [-0.15, -0.1) is 24.0 Å². The summed E-state index contributed by atoms with van der Waals surface area (Å²) in [6.45, 7) is 3.89. The molecule has 2 heterocycles. The Morgan fingerprint density at radius 1 is 1.45 bits per heavy atom. The third-order valence-corrected chi connectivity index (χ3v) is 2.54. The molecule has 2 aromatic rings. The summed E-state index contributed by atoms with van der Waals surface area (Å²) >= 11 is 0. The van der Waals surface area contributed by atoms with Gasteiger partial charge in [0.25, 0.3) is 0 Å². The molecule has 0 unspecified atom stereocenters. The van der Waals surface area contributed by atoms with Crippen LogP contribution in [0.5, 0.6) is 0 Å². The molecule has 0 spiro atoms. The standard InChI is InChI=1S/C12H18N6O.HI/c1-3-13-12(14-7-10-5-4-6-19-10)15-8-11-16-9-17-18(11)2;/h4-6,9H,3,7-8H2,1-2H3,(H2,13,14,15);1H. The minimum atomic E-state index is 0. The highest BCUT2D eigenvalue weighted by molar-refractivity contribution is 14.0. The molecule has 0 amide bonds. The van der Waals surface area contributed by atoms with Crippen molar-refractivity contribution in [1.29, 1.82) is 0 Å². The van der Waals surface area contributed by atoms with Gasteiger partial charge in [-0.3, -0.25) is 4.68 Å². The number of nitrogens with one attached hydrogen (secondary N) is 2. The summed E-state index contributed by atoms with van der Waals surface area (Å²) in [5.41, 5.74) is 0. The normalized spacial score (nSPS) is 11.0. The number of guanidine groups is 1. The van der Waals surface area contributed by atoms with Crippen molar-refractivity contribution in [3.63, 3.8) is 0 Å². The highest BCUT2D eigenvalue weighted by Crippen LogP contribution is 1.99. The van der Waals surface area contributed by atoms with Gasteiger partial charge in [0.1, 0.15) is 24.5 Å². The molecule has 0 fully saturated rings. The summed E-state index contributed by atoms with van der Waals surface area (Å²) in [6, 6.07) is 3.78. The second kappa shape index (κ2) is 8.56. The van der Waals surface area contributed by atoms with Gasteiger partial charge in [0.2, 0.25) is 0 Å². The van der Waals surface area contributed by atoms with Gasteiger partial charge in [0, 0.05) is 13.6 Å². The Balaban J connectivity index is 0.00000200. The number of hydrogen-bond acceptors (Lipinski definition) is 4. The first-order chi connectivity index (χ1) is 9.29. The van der Waals surface area contributed by atoms with Gasteiger partial charge in [0.05, 0.1) is 12.8 Å². The highest BCUT2D eigenvalue weighted by atomic mass is 127. The maximum absolute atomic E-state index is 5.26. The predicted molar refractivity (Wildman–Crippen MR) is 86.8 cm³/mol. The summed E-state index contributed by atoms with van der Waals surface area (Å²) in [6.07, 6.45) is 3.18. The van der Waals surface area contributed by atoms with Crippen LogP contribution in [0.1, 0.15) is 18.5 Å². The first kappa shape index (κ1) is 16.5. The number of aromatic nitrogens is 3. The summed E-state index contributed by atoms with van der Waals surface area (Å²) in [5.74, 6) is 2.40. The van der Waals surface area contributed by atoms with E-state index in [1.54, 1.807) is 10.9 Å². The Kier molecular flexibility index (Phi) is 7.05. The largest absolute Gasteiger partial charge is 0.467 e. The lowest BCUT2D eigenvalue weighted by Gasteiger charge is -2.09. The van der Waals surface area contributed by atoms with Crippen LogP contribution in [0.3, 0.4) is 0 Å². The number of aliphatic imine (C=N–C) groups is 1. The van der Waals surface area contributed by atoms with E-state index in [-0.39, 0.29) is 24.0 Å². The summed E-state index contributed by atoms with van der Waals surface area (Å²) in [4.78, 5) is 8.57. The molecule has 0 atom stereocenters. The minimum absolute atomic E-state index is 0. The Hall–Kier alpha value is -1.58.